The molecular formula is C35H67NO6. The largest absolute Gasteiger partial charge is 0.481 e. The molecule has 7 heteroatoms. The number of nitrogens with one attached hydrogen (secondary N) is 1. The smallest absolute Gasteiger partial charge is 0.307 e. The van der Waals surface area contributed by atoms with Gasteiger partial charge >= 0.3 is 11.9 Å². The highest BCUT2D eigenvalue weighted by Gasteiger charge is 2.54. The minimum atomic E-state index is -0.972. The maximum Gasteiger partial charge on any atom is 0.307 e. The van der Waals surface area contributed by atoms with E-state index < -0.39 is 23.8 Å². The molecule has 0 aliphatic heterocycles. The van der Waals surface area contributed by atoms with Crippen LogP contribution in [0, 0.1) is 33.5 Å². The van der Waals surface area contributed by atoms with Gasteiger partial charge in [-0.15, -0.1) is 0 Å². The fourth-order valence-corrected chi connectivity index (χ4v) is 7.14. The summed E-state index contributed by atoms with van der Waals surface area (Å²) in [6, 6.07) is 0. The van der Waals surface area contributed by atoms with E-state index in [2.05, 4.69) is 74.6 Å². The van der Waals surface area contributed by atoms with Gasteiger partial charge in [0.05, 0.1) is 17.9 Å². The van der Waals surface area contributed by atoms with Crippen LogP contribution in [-0.4, -0.2) is 47.3 Å². The molecule has 0 bridgehead atoms. The van der Waals surface area contributed by atoms with Gasteiger partial charge < -0.3 is 20.3 Å². The van der Waals surface area contributed by atoms with Crippen LogP contribution in [0.25, 0.3) is 0 Å². The Bertz CT molecular complexity index is 808. The zero-order chi connectivity index (χ0) is 32.8. The quantitative estimate of drug-likeness (QED) is 0.0959. The highest BCUT2D eigenvalue weighted by atomic mass is 16.5. The van der Waals surface area contributed by atoms with Crippen molar-refractivity contribution in [2.24, 2.45) is 33.5 Å². The van der Waals surface area contributed by atoms with Crippen LogP contribution in [0.3, 0.4) is 0 Å². The Hall–Kier alpha value is -1.63. The number of carboxylic acids is 2. The summed E-state index contributed by atoms with van der Waals surface area (Å²) >= 11 is 0. The first-order valence-corrected chi connectivity index (χ1v) is 16.9. The predicted molar refractivity (Wildman–Crippen MR) is 173 cm³/mol. The van der Waals surface area contributed by atoms with Gasteiger partial charge in [0.1, 0.15) is 0 Å². The van der Waals surface area contributed by atoms with E-state index >= 15 is 0 Å². The predicted octanol–water partition coefficient (Wildman–Crippen LogP) is 8.74. The van der Waals surface area contributed by atoms with Crippen LogP contribution in [-0.2, 0) is 19.1 Å². The van der Waals surface area contributed by atoms with Crippen molar-refractivity contribution < 1.29 is 29.3 Å². The van der Waals surface area contributed by atoms with E-state index in [0.717, 1.165) is 64.2 Å². The van der Waals surface area contributed by atoms with Crippen molar-refractivity contribution in [3.05, 3.63) is 0 Å². The molecule has 0 aromatic rings. The van der Waals surface area contributed by atoms with Crippen molar-refractivity contribution in [1.29, 1.82) is 0 Å². The van der Waals surface area contributed by atoms with E-state index in [1.807, 2.05) is 0 Å². The summed E-state index contributed by atoms with van der Waals surface area (Å²) in [4.78, 5) is 36.3. The molecule has 3 unspecified atom stereocenters. The lowest BCUT2D eigenvalue weighted by atomic mass is 9.52. The summed E-state index contributed by atoms with van der Waals surface area (Å²) in [5.74, 6) is -3.06. The Labute approximate surface area is 258 Å². The van der Waals surface area contributed by atoms with Gasteiger partial charge in [0, 0.05) is 19.6 Å². The third-order valence-corrected chi connectivity index (χ3v) is 11.6. The van der Waals surface area contributed by atoms with Gasteiger partial charge in [-0.1, -0.05) is 89.0 Å². The number of aliphatic carboxylic acids is 2. The second kappa shape index (κ2) is 18.2. The number of rotatable bonds is 24. The Morgan fingerprint density at radius 2 is 1.24 bits per heavy atom. The van der Waals surface area contributed by atoms with Crippen molar-refractivity contribution in [2.45, 2.75) is 159 Å². The van der Waals surface area contributed by atoms with E-state index in [0.29, 0.717) is 19.6 Å². The fourth-order valence-electron chi connectivity index (χ4n) is 7.14. The standard InChI is InChI=1S/C35H67NO6/c1-12-32(10,13-2)24-27(42-22-20-21-36-28(37)23-26(9)30(38)39)34(16-5,17-6)25-35(18-7,19-8)29(31(40)41)33(11,14-3)15-4/h26-27,29H,12-25H2,1-11H3,(H,36,37)(H,38,39)(H,40,41). The monoisotopic (exact) mass is 597 g/mol. The van der Waals surface area contributed by atoms with E-state index in [1.54, 1.807) is 0 Å². The highest BCUT2D eigenvalue weighted by molar-refractivity contribution is 5.81. The molecule has 7 nitrogen and oxygen atoms in total. The topological polar surface area (TPSA) is 113 Å². The summed E-state index contributed by atoms with van der Waals surface area (Å²) in [7, 11) is 0. The molecule has 42 heavy (non-hydrogen) atoms. The van der Waals surface area contributed by atoms with Crippen LogP contribution < -0.4 is 5.32 Å². The molecule has 0 spiro atoms. The first kappa shape index (κ1) is 40.4. The van der Waals surface area contributed by atoms with E-state index in [-0.39, 0.29) is 40.1 Å². The molecule has 248 valence electrons. The molecule has 0 fully saturated rings. The van der Waals surface area contributed by atoms with Crippen LogP contribution in [0.5, 0.6) is 0 Å². The first-order valence-electron chi connectivity index (χ1n) is 16.9. The number of carbonyl (C=O) groups is 3. The molecule has 0 aromatic carbocycles. The van der Waals surface area contributed by atoms with Crippen molar-refractivity contribution in [3.8, 4) is 0 Å². The Balaban J connectivity index is 6.35. The maximum absolute atomic E-state index is 13.1. The summed E-state index contributed by atoms with van der Waals surface area (Å²) in [6.07, 6.45) is 9.45. The highest BCUT2D eigenvalue weighted by Crippen LogP contribution is 2.57. The van der Waals surface area contributed by atoms with Crippen LogP contribution in [0.4, 0.5) is 0 Å². The van der Waals surface area contributed by atoms with Crippen LogP contribution in [0.15, 0.2) is 0 Å². The van der Waals surface area contributed by atoms with Crippen molar-refractivity contribution >= 4 is 17.8 Å². The average molecular weight is 598 g/mol. The minimum absolute atomic E-state index is 0.0335. The third kappa shape index (κ3) is 10.5. The van der Waals surface area contributed by atoms with Gasteiger partial charge in [-0.3, -0.25) is 14.4 Å². The lowest BCUT2D eigenvalue weighted by molar-refractivity contribution is -0.162. The molecule has 0 aliphatic carbocycles. The molecule has 0 aromatic heterocycles. The molecule has 3 N–H and O–H groups in total. The Morgan fingerprint density at radius 3 is 1.62 bits per heavy atom. The number of ether oxygens (including phenoxy) is 1. The summed E-state index contributed by atoms with van der Waals surface area (Å²) in [6.45, 7) is 24.5. The number of carbonyl (C=O) groups excluding carboxylic acids is 1. The minimum Gasteiger partial charge on any atom is -0.481 e. The van der Waals surface area contributed by atoms with Gasteiger partial charge in [-0.2, -0.15) is 0 Å². The molecule has 0 saturated heterocycles. The molecular weight excluding hydrogens is 530 g/mol. The van der Waals surface area contributed by atoms with Crippen LogP contribution in [0.2, 0.25) is 0 Å². The normalized spacial score (nSPS) is 15.2. The number of carboxylic acid groups (broad SMARTS) is 2. The van der Waals surface area contributed by atoms with Gasteiger partial charge in [-0.05, 0) is 79.4 Å². The summed E-state index contributed by atoms with van der Waals surface area (Å²) < 4.78 is 6.81. The van der Waals surface area contributed by atoms with E-state index in [1.165, 1.54) is 6.92 Å². The number of amides is 1. The van der Waals surface area contributed by atoms with Gasteiger partial charge in [0.2, 0.25) is 5.91 Å². The lowest BCUT2D eigenvalue weighted by Crippen LogP contribution is -2.51. The Morgan fingerprint density at radius 1 is 0.738 bits per heavy atom. The van der Waals surface area contributed by atoms with E-state index in [4.69, 9.17) is 9.84 Å². The number of hydrogen-bond donors (Lipinski definition) is 3. The first-order chi connectivity index (χ1) is 19.6. The summed E-state index contributed by atoms with van der Waals surface area (Å²) in [5, 5.41) is 22.7. The third-order valence-electron chi connectivity index (χ3n) is 11.6. The van der Waals surface area contributed by atoms with Crippen molar-refractivity contribution in [2.75, 3.05) is 13.2 Å². The Kier molecular flexibility index (Phi) is 17.5. The molecule has 0 radical (unpaired) electrons. The lowest BCUT2D eigenvalue weighted by Gasteiger charge is -2.53. The van der Waals surface area contributed by atoms with Crippen LogP contribution >= 0.6 is 0 Å². The van der Waals surface area contributed by atoms with Gasteiger partial charge in [0.15, 0.2) is 0 Å². The van der Waals surface area contributed by atoms with Crippen molar-refractivity contribution in [1.82, 2.24) is 5.32 Å². The number of hydrogen-bond acceptors (Lipinski definition) is 4. The zero-order valence-corrected chi connectivity index (χ0v) is 29.2. The van der Waals surface area contributed by atoms with Crippen molar-refractivity contribution in [3.63, 3.8) is 0 Å². The molecule has 0 rings (SSSR count). The second-order valence-corrected chi connectivity index (χ2v) is 13.7. The van der Waals surface area contributed by atoms with Gasteiger partial charge in [-0.25, -0.2) is 0 Å². The maximum atomic E-state index is 13.1. The average Bonchev–Trinajstić information content (AvgIpc) is 2.97. The van der Waals surface area contributed by atoms with E-state index in [9.17, 15) is 19.5 Å². The molecule has 3 atom stereocenters. The molecule has 0 saturated carbocycles. The zero-order valence-electron chi connectivity index (χ0n) is 29.2. The fraction of sp³-hybridized carbons (Fsp3) is 0.914. The molecule has 0 aliphatic rings. The van der Waals surface area contributed by atoms with Crippen LogP contribution in [0.1, 0.15) is 153 Å². The summed E-state index contributed by atoms with van der Waals surface area (Å²) in [5.41, 5.74) is -0.729. The van der Waals surface area contributed by atoms with Gasteiger partial charge in [0.25, 0.3) is 0 Å². The SMILES string of the molecule is CCC(C)(CC)CC(OCCCNC(=O)CC(C)C(=O)O)C(CC)(CC)CC(CC)(CC)C(C(=O)O)C(C)(CC)CC. The molecule has 1 amide bonds. The molecule has 0 heterocycles. The second-order valence-electron chi connectivity index (χ2n) is 13.7.